The topological polar surface area (TPSA) is 27.6 Å². The lowest BCUT2D eigenvalue weighted by Gasteiger charge is -2.22. The van der Waals surface area contributed by atoms with Crippen LogP contribution >= 0.6 is 24.0 Å². The van der Waals surface area contributed by atoms with E-state index in [1.165, 1.54) is 5.56 Å². The second kappa shape index (κ2) is 12.5. The highest BCUT2D eigenvalue weighted by atomic mass is 127. The summed E-state index contributed by atoms with van der Waals surface area (Å²) in [4.78, 5) is 6.97. The fourth-order valence-electron chi connectivity index (χ4n) is 2.16. The van der Waals surface area contributed by atoms with Crippen molar-refractivity contribution in [2.75, 3.05) is 26.7 Å². The zero-order chi connectivity index (χ0) is 15.5. The molecule has 1 N–H and O–H groups in total. The molecule has 0 amide bonds. The molecule has 0 saturated heterocycles. The molecule has 1 aromatic carbocycles. The number of hydrogen-bond donors (Lipinski definition) is 1. The third kappa shape index (κ3) is 7.82. The second-order valence-electron chi connectivity index (χ2n) is 5.36. The summed E-state index contributed by atoms with van der Waals surface area (Å²) in [5.74, 6) is 1.42. The van der Waals surface area contributed by atoms with Gasteiger partial charge in [-0.15, -0.1) is 30.6 Å². The Morgan fingerprint density at radius 1 is 1.36 bits per heavy atom. The van der Waals surface area contributed by atoms with E-state index < -0.39 is 0 Å². The Bertz CT molecular complexity index is 431. The molecule has 0 heterocycles. The summed E-state index contributed by atoms with van der Waals surface area (Å²) in [6.07, 6.45) is 4.12. The van der Waals surface area contributed by atoms with E-state index in [-0.39, 0.29) is 24.0 Å². The minimum absolute atomic E-state index is 0. The van der Waals surface area contributed by atoms with E-state index in [1.807, 2.05) is 6.08 Å². The number of nitrogens with one attached hydrogen (secondary N) is 1. The van der Waals surface area contributed by atoms with Crippen molar-refractivity contribution in [3.8, 4) is 0 Å². The van der Waals surface area contributed by atoms with Crippen LogP contribution in [0.2, 0.25) is 0 Å². The molecule has 1 rings (SSSR count). The maximum absolute atomic E-state index is 4.77. The van der Waals surface area contributed by atoms with Gasteiger partial charge in [0.05, 0.1) is 0 Å². The van der Waals surface area contributed by atoms with Crippen molar-refractivity contribution >= 4 is 29.9 Å². The molecule has 0 radical (unpaired) electrons. The number of benzene rings is 1. The zero-order valence-corrected chi connectivity index (χ0v) is 16.4. The lowest BCUT2D eigenvalue weighted by atomic mass is 10.0. The van der Waals surface area contributed by atoms with Gasteiger partial charge in [0, 0.05) is 32.6 Å². The number of hydrogen-bond acceptors (Lipinski definition) is 1. The number of rotatable bonds is 8. The Kier molecular flexibility index (Phi) is 11.9. The van der Waals surface area contributed by atoms with Crippen LogP contribution in [0.15, 0.2) is 48.0 Å². The Hall–Kier alpha value is -1.04. The van der Waals surface area contributed by atoms with Gasteiger partial charge < -0.3 is 10.2 Å². The van der Waals surface area contributed by atoms with E-state index in [1.54, 1.807) is 0 Å². The molecule has 4 heteroatoms. The fourth-order valence-corrected chi connectivity index (χ4v) is 2.16. The van der Waals surface area contributed by atoms with Gasteiger partial charge in [-0.1, -0.05) is 43.3 Å². The number of nitrogens with zero attached hydrogens (tertiary/aromatic N) is 2. The molecule has 124 valence electrons. The van der Waals surface area contributed by atoms with Crippen LogP contribution in [-0.2, 0) is 0 Å². The minimum atomic E-state index is 0. The summed E-state index contributed by atoms with van der Waals surface area (Å²) in [7, 11) is 2.10. The first-order chi connectivity index (χ1) is 10.2. The van der Waals surface area contributed by atoms with E-state index in [0.29, 0.717) is 5.92 Å². The molecule has 22 heavy (non-hydrogen) atoms. The highest BCUT2D eigenvalue weighted by molar-refractivity contribution is 14.0. The van der Waals surface area contributed by atoms with E-state index in [4.69, 9.17) is 4.99 Å². The predicted molar refractivity (Wildman–Crippen MR) is 108 cm³/mol. The molecule has 1 aromatic rings. The van der Waals surface area contributed by atoms with Crippen molar-refractivity contribution < 1.29 is 0 Å². The van der Waals surface area contributed by atoms with Gasteiger partial charge in [-0.3, -0.25) is 4.99 Å². The fraction of sp³-hybridized carbons (Fsp3) is 0.500. The number of aliphatic imine (C=N–C) groups is 1. The van der Waals surface area contributed by atoms with Crippen molar-refractivity contribution in [3.05, 3.63) is 48.6 Å². The van der Waals surface area contributed by atoms with Crippen LogP contribution in [-0.4, -0.2) is 37.5 Å². The first kappa shape index (κ1) is 21.0. The van der Waals surface area contributed by atoms with E-state index in [2.05, 4.69) is 68.0 Å². The molecule has 0 spiro atoms. The summed E-state index contributed by atoms with van der Waals surface area (Å²) >= 11 is 0. The van der Waals surface area contributed by atoms with Crippen LogP contribution in [0.25, 0.3) is 0 Å². The van der Waals surface area contributed by atoms with Gasteiger partial charge in [0.25, 0.3) is 0 Å². The Balaban J connectivity index is 0.00000441. The summed E-state index contributed by atoms with van der Waals surface area (Å²) in [5, 5.41) is 3.37. The molecule has 0 aliphatic rings. The van der Waals surface area contributed by atoms with E-state index in [0.717, 1.165) is 38.4 Å². The van der Waals surface area contributed by atoms with Crippen molar-refractivity contribution in [1.29, 1.82) is 0 Å². The molecule has 1 unspecified atom stereocenters. The zero-order valence-electron chi connectivity index (χ0n) is 14.1. The smallest absolute Gasteiger partial charge is 0.193 e. The lowest BCUT2D eigenvalue weighted by molar-refractivity contribution is 0.469. The van der Waals surface area contributed by atoms with Crippen LogP contribution in [0.3, 0.4) is 0 Å². The third-order valence-corrected chi connectivity index (χ3v) is 3.48. The van der Waals surface area contributed by atoms with Gasteiger partial charge >= 0.3 is 0 Å². The largest absolute Gasteiger partial charge is 0.357 e. The number of allylic oxidation sites excluding steroid dienone is 1. The van der Waals surface area contributed by atoms with Gasteiger partial charge in [0.1, 0.15) is 0 Å². The van der Waals surface area contributed by atoms with Gasteiger partial charge in [-0.05, 0) is 25.3 Å². The maximum atomic E-state index is 4.77. The normalized spacial score (nSPS) is 12.2. The molecule has 0 saturated carbocycles. The van der Waals surface area contributed by atoms with Crippen LogP contribution in [0.1, 0.15) is 38.2 Å². The SMILES string of the molecule is C=CCCCN(C)C(=NCC(C)c1ccccc1)NCC.I. The lowest BCUT2D eigenvalue weighted by Crippen LogP contribution is -2.39. The number of unbranched alkanes of at least 4 members (excludes halogenated alkanes) is 1. The molecule has 3 nitrogen and oxygen atoms in total. The van der Waals surface area contributed by atoms with Crippen molar-refractivity contribution in [2.45, 2.75) is 32.6 Å². The Morgan fingerprint density at radius 2 is 2.05 bits per heavy atom. The number of halogens is 1. The molecular weight excluding hydrogens is 385 g/mol. The summed E-state index contributed by atoms with van der Waals surface area (Å²) < 4.78 is 0. The molecular formula is C18H30IN3. The summed E-state index contributed by atoms with van der Waals surface area (Å²) in [6, 6.07) is 10.6. The van der Waals surface area contributed by atoms with Gasteiger partial charge in [-0.25, -0.2) is 0 Å². The molecule has 0 aliphatic carbocycles. The second-order valence-corrected chi connectivity index (χ2v) is 5.36. The van der Waals surface area contributed by atoms with Crippen LogP contribution in [0.5, 0.6) is 0 Å². The average Bonchev–Trinajstić information content (AvgIpc) is 2.52. The summed E-state index contributed by atoms with van der Waals surface area (Å²) in [5.41, 5.74) is 1.34. The van der Waals surface area contributed by atoms with Crippen LogP contribution in [0.4, 0.5) is 0 Å². The minimum Gasteiger partial charge on any atom is -0.357 e. The molecule has 0 aliphatic heterocycles. The van der Waals surface area contributed by atoms with Crippen LogP contribution < -0.4 is 5.32 Å². The molecule has 0 fully saturated rings. The third-order valence-electron chi connectivity index (χ3n) is 3.48. The van der Waals surface area contributed by atoms with E-state index in [9.17, 15) is 0 Å². The standard InChI is InChI=1S/C18H29N3.HI/c1-5-7-11-14-21(4)18(19-6-2)20-15-16(3)17-12-9-8-10-13-17;/h5,8-10,12-13,16H,1,6-7,11,14-15H2,2-4H3,(H,19,20);1H. The summed E-state index contributed by atoms with van der Waals surface area (Å²) in [6.45, 7) is 10.8. The quantitative estimate of drug-likeness (QED) is 0.226. The van der Waals surface area contributed by atoms with E-state index >= 15 is 0 Å². The molecule has 0 aromatic heterocycles. The predicted octanol–water partition coefficient (Wildman–Crippen LogP) is 4.27. The van der Waals surface area contributed by atoms with Crippen molar-refractivity contribution in [1.82, 2.24) is 10.2 Å². The highest BCUT2D eigenvalue weighted by Gasteiger charge is 2.08. The Labute approximate surface area is 152 Å². The van der Waals surface area contributed by atoms with Gasteiger partial charge in [0.2, 0.25) is 0 Å². The van der Waals surface area contributed by atoms with Crippen molar-refractivity contribution in [3.63, 3.8) is 0 Å². The molecule has 1 atom stereocenters. The Morgan fingerprint density at radius 3 is 2.64 bits per heavy atom. The highest BCUT2D eigenvalue weighted by Crippen LogP contribution is 2.14. The molecule has 0 bridgehead atoms. The maximum Gasteiger partial charge on any atom is 0.193 e. The van der Waals surface area contributed by atoms with Gasteiger partial charge in [0.15, 0.2) is 5.96 Å². The van der Waals surface area contributed by atoms with Crippen LogP contribution in [0, 0.1) is 0 Å². The number of guanidine groups is 1. The van der Waals surface area contributed by atoms with Crippen molar-refractivity contribution in [2.24, 2.45) is 4.99 Å². The first-order valence-corrected chi connectivity index (χ1v) is 7.84. The van der Waals surface area contributed by atoms with Gasteiger partial charge in [-0.2, -0.15) is 0 Å². The monoisotopic (exact) mass is 415 g/mol. The average molecular weight is 415 g/mol. The first-order valence-electron chi connectivity index (χ1n) is 7.84.